The van der Waals surface area contributed by atoms with Gasteiger partial charge in [0.25, 0.3) is 0 Å². The predicted molar refractivity (Wildman–Crippen MR) is 45.4 cm³/mol. The quantitative estimate of drug-likeness (QED) is 0.461. The number of hydrogen-bond donors (Lipinski definition) is 0. The first-order valence-electron chi connectivity index (χ1n) is 3.55. The SMILES string of the molecule is O=C([O-])C1CCCC(Br)C1.[Tl+]. The van der Waals surface area contributed by atoms with E-state index >= 15 is 0 Å². The van der Waals surface area contributed by atoms with E-state index in [1.165, 1.54) is 0 Å². The minimum Gasteiger partial charge on any atom is -0.550 e. The average molecular weight is 410 g/mol. The van der Waals surface area contributed by atoms with Gasteiger partial charge in [0, 0.05) is 10.8 Å². The van der Waals surface area contributed by atoms with Crippen molar-refractivity contribution in [1.82, 2.24) is 0 Å². The zero-order valence-electron chi connectivity index (χ0n) is 6.25. The molecular formula is C7H10BrO2Tl. The Kier molecular flexibility index (Phi) is 5.94. The summed E-state index contributed by atoms with van der Waals surface area (Å²) in [7, 11) is 0. The molecule has 1 aliphatic rings. The molecule has 2 unspecified atom stereocenters. The Labute approximate surface area is 95.0 Å². The molecule has 0 N–H and O–H groups in total. The molecule has 1 fully saturated rings. The Bertz CT molecular complexity index is 140. The zero-order chi connectivity index (χ0) is 7.56. The van der Waals surface area contributed by atoms with E-state index in [1.807, 2.05) is 0 Å². The number of alkyl halides is 1. The Morgan fingerprint density at radius 3 is 2.45 bits per heavy atom. The summed E-state index contributed by atoms with van der Waals surface area (Å²) in [6, 6.07) is 0. The third-order valence-corrected chi connectivity index (χ3v) is 2.78. The fourth-order valence-corrected chi connectivity index (χ4v) is 2.12. The molecule has 1 saturated carbocycles. The fourth-order valence-electron chi connectivity index (χ4n) is 1.34. The first-order valence-corrected chi connectivity index (χ1v) is 4.46. The van der Waals surface area contributed by atoms with E-state index < -0.39 is 5.97 Å². The number of aliphatic carboxylic acids is 1. The molecule has 0 amide bonds. The Hall–Kier alpha value is 0.872. The Balaban J connectivity index is 0.000001000. The second-order valence-corrected chi connectivity index (χ2v) is 4.07. The van der Waals surface area contributed by atoms with Gasteiger partial charge in [-0.25, -0.2) is 0 Å². The van der Waals surface area contributed by atoms with Crippen LogP contribution in [0, 0.1) is 5.92 Å². The molecule has 0 aromatic heterocycles. The van der Waals surface area contributed by atoms with E-state index in [1.54, 1.807) is 0 Å². The van der Waals surface area contributed by atoms with Crippen LogP contribution in [-0.2, 0) is 4.79 Å². The van der Waals surface area contributed by atoms with E-state index in [2.05, 4.69) is 15.9 Å². The van der Waals surface area contributed by atoms with Gasteiger partial charge in [-0.15, -0.1) is 0 Å². The summed E-state index contributed by atoms with van der Waals surface area (Å²) in [5.74, 6) is -1.10. The van der Waals surface area contributed by atoms with Crippen molar-refractivity contribution in [3.05, 3.63) is 0 Å². The summed E-state index contributed by atoms with van der Waals surface area (Å²) in [5.41, 5.74) is 0. The van der Waals surface area contributed by atoms with Crippen LogP contribution in [0.4, 0.5) is 0 Å². The maximum absolute atomic E-state index is 10.4. The number of hydrogen-bond acceptors (Lipinski definition) is 2. The van der Waals surface area contributed by atoms with Gasteiger partial charge < -0.3 is 9.90 Å². The van der Waals surface area contributed by atoms with Crippen LogP contribution < -0.4 is 5.11 Å². The monoisotopic (exact) mass is 410 g/mol. The van der Waals surface area contributed by atoms with Crippen molar-refractivity contribution in [2.24, 2.45) is 5.92 Å². The maximum atomic E-state index is 10.4. The van der Waals surface area contributed by atoms with Gasteiger partial charge in [0.15, 0.2) is 0 Å². The van der Waals surface area contributed by atoms with Crippen molar-refractivity contribution in [3.8, 4) is 0 Å². The molecule has 60 valence electrons. The van der Waals surface area contributed by atoms with Gasteiger partial charge in [-0.2, -0.15) is 0 Å². The molecule has 0 aliphatic heterocycles. The van der Waals surface area contributed by atoms with Gasteiger partial charge in [0.1, 0.15) is 0 Å². The van der Waals surface area contributed by atoms with Gasteiger partial charge in [-0.3, -0.25) is 0 Å². The van der Waals surface area contributed by atoms with Crippen molar-refractivity contribution in [2.45, 2.75) is 30.5 Å². The minimum atomic E-state index is -0.885. The topological polar surface area (TPSA) is 40.1 Å². The molecule has 0 aromatic rings. The van der Waals surface area contributed by atoms with Gasteiger partial charge in [-0.1, -0.05) is 22.4 Å². The minimum absolute atomic E-state index is 0. The third-order valence-electron chi connectivity index (χ3n) is 1.94. The molecule has 1 aliphatic carbocycles. The van der Waals surface area contributed by atoms with Crippen LogP contribution in [0.5, 0.6) is 0 Å². The van der Waals surface area contributed by atoms with Crippen LogP contribution in [0.25, 0.3) is 0 Å². The van der Waals surface area contributed by atoms with Crippen molar-refractivity contribution in [2.75, 3.05) is 0 Å². The van der Waals surface area contributed by atoms with Gasteiger partial charge in [-0.05, 0) is 25.2 Å². The van der Waals surface area contributed by atoms with Crippen molar-refractivity contribution in [1.29, 1.82) is 0 Å². The fraction of sp³-hybridized carbons (Fsp3) is 0.857. The van der Waals surface area contributed by atoms with Gasteiger partial charge in [0.05, 0.1) is 0 Å². The molecule has 0 aromatic carbocycles. The van der Waals surface area contributed by atoms with Crippen LogP contribution in [0.2, 0.25) is 0 Å². The standard InChI is InChI=1S/C7H11BrO2.Tl/c8-6-3-1-2-5(4-6)7(9)10;/h5-6H,1-4H2,(H,9,10);/q;+1/p-1. The third kappa shape index (κ3) is 3.87. The molecule has 0 radical (unpaired) electrons. The Morgan fingerprint density at radius 1 is 1.45 bits per heavy atom. The van der Waals surface area contributed by atoms with E-state index in [4.69, 9.17) is 0 Å². The van der Waals surface area contributed by atoms with Crippen molar-refractivity contribution >= 4 is 49.2 Å². The molecule has 11 heavy (non-hydrogen) atoms. The summed E-state index contributed by atoms with van der Waals surface area (Å²) < 4.78 is 0. The summed E-state index contributed by atoms with van der Waals surface area (Å²) in [6.07, 6.45) is 3.64. The van der Waals surface area contributed by atoms with Crippen LogP contribution >= 0.6 is 15.9 Å². The summed E-state index contributed by atoms with van der Waals surface area (Å²) >= 11 is 3.41. The normalized spacial score (nSPS) is 30.6. The second kappa shape index (κ2) is 5.51. The molecule has 1 rings (SSSR count). The van der Waals surface area contributed by atoms with E-state index in [0.29, 0.717) is 4.83 Å². The van der Waals surface area contributed by atoms with Gasteiger partial charge >= 0.3 is 27.3 Å². The number of halogens is 1. The van der Waals surface area contributed by atoms with Crippen molar-refractivity contribution < 1.29 is 9.90 Å². The zero-order valence-corrected chi connectivity index (χ0v) is 12.3. The summed E-state index contributed by atoms with van der Waals surface area (Å²) in [6.45, 7) is 0. The molecule has 2 nitrogen and oxygen atoms in total. The molecule has 0 saturated heterocycles. The molecule has 0 spiro atoms. The van der Waals surface area contributed by atoms with Crippen LogP contribution in [0.3, 0.4) is 0 Å². The largest absolute Gasteiger partial charge is 1.00 e. The maximum Gasteiger partial charge on any atom is 1.00 e. The number of carboxylic acids is 1. The first kappa shape index (κ1) is 11.9. The number of carbonyl (C=O) groups is 1. The molecule has 2 atom stereocenters. The Morgan fingerprint density at radius 2 is 2.09 bits per heavy atom. The van der Waals surface area contributed by atoms with Crippen LogP contribution in [-0.4, -0.2) is 38.1 Å². The molecular weight excluding hydrogens is 400 g/mol. The molecule has 4 heteroatoms. The number of carboxylic acid groups (broad SMARTS) is 1. The predicted octanol–water partition coefficient (Wildman–Crippen LogP) is 0.309. The average Bonchev–Trinajstić information content (AvgIpc) is 1.88. The first-order chi connectivity index (χ1) is 4.70. The smallest absolute Gasteiger partial charge is 0.550 e. The van der Waals surface area contributed by atoms with Crippen LogP contribution in [0.1, 0.15) is 25.7 Å². The molecule has 0 bridgehead atoms. The molecule has 0 heterocycles. The summed E-state index contributed by atoms with van der Waals surface area (Å²) in [4.78, 5) is 10.8. The van der Waals surface area contributed by atoms with Crippen molar-refractivity contribution in [3.63, 3.8) is 0 Å². The number of carbonyl (C=O) groups excluding carboxylic acids is 1. The second-order valence-electron chi connectivity index (χ2n) is 2.78. The van der Waals surface area contributed by atoms with E-state index in [0.717, 1.165) is 25.7 Å². The van der Waals surface area contributed by atoms with Crippen LogP contribution in [0.15, 0.2) is 0 Å². The van der Waals surface area contributed by atoms with E-state index in [9.17, 15) is 9.90 Å². The summed E-state index contributed by atoms with van der Waals surface area (Å²) in [5, 5.41) is 10.4. The van der Waals surface area contributed by atoms with E-state index in [-0.39, 0.29) is 33.2 Å². The van der Waals surface area contributed by atoms with Gasteiger partial charge in [0.2, 0.25) is 0 Å². The number of rotatable bonds is 1.